The van der Waals surface area contributed by atoms with Crippen LogP contribution in [0.15, 0.2) is 48.6 Å². The molecule has 0 saturated carbocycles. The van der Waals surface area contributed by atoms with Gasteiger partial charge in [-0.05, 0) is 97.7 Å². The minimum absolute atomic E-state index is 0.0256. The van der Waals surface area contributed by atoms with Gasteiger partial charge in [0.15, 0.2) is 0 Å². The number of hydrogen-bond acceptors (Lipinski definition) is 12. The number of fused-ring (bicyclic) bond motifs is 2. The van der Waals surface area contributed by atoms with Crippen molar-refractivity contribution >= 4 is 63.7 Å². The van der Waals surface area contributed by atoms with E-state index in [-0.39, 0.29) is 60.5 Å². The number of aromatic nitrogens is 8. The van der Waals surface area contributed by atoms with Gasteiger partial charge in [-0.15, -0.1) is 0 Å². The Hall–Kier alpha value is -8.15. The number of ether oxygens (including phenoxy) is 3. The van der Waals surface area contributed by atoms with Gasteiger partial charge in [-0.1, -0.05) is 24.0 Å². The molecule has 7 rings (SSSR count). The molecule has 0 spiro atoms. The Balaban J connectivity index is 1.22. The molecule has 1 aliphatic rings. The summed E-state index contributed by atoms with van der Waals surface area (Å²) in [5.41, 5.74) is 14.7. The molecule has 69 heavy (non-hydrogen) atoms. The molecule has 6 aromatic rings. The third-order valence-corrected chi connectivity index (χ3v) is 11.2. The normalized spacial score (nSPS) is 13.1. The van der Waals surface area contributed by atoms with Crippen molar-refractivity contribution in [3.8, 4) is 23.3 Å². The molecule has 362 valence electrons. The average molecular weight is 944 g/mol. The predicted octanol–water partition coefficient (Wildman–Crippen LogP) is 5.43. The minimum atomic E-state index is -0.713. The zero-order valence-corrected chi connectivity index (χ0v) is 40.0. The largest absolute Gasteiger partial charge is 0.494 e. The number of carbonyl (C=O) groups excluding carboxylic acids is 5. The smallest absolute Gasteiger partial charge is 0.410 e. The fourth-order valence-corrected chi connectivity index (χ4v) is 8.02. The molecule has 5 amide bonds. The lowest BCUT2D eigenvalue weighted by Gasteiger charge is -2.31. The van der Waals surface area contributed by atoms with Crippen molar-refractivity contribution in [1.29, 1.82) is 0 Å². The number of amides is 5. The molecule has 1 saturated heterocycles. The van der Waals surface area contributed by atoms with Crippen LogP contribution in [0.3, 0.4) is 0 Å². The molecule has 21 nitrogen and oxygen atoms in total. The molecule has 5 heterocycles. The van der Waals surface area contributed by atoms with Gasteiger partial charge < -0.3 is 39.7 Å². The number of primary amides is 2. The number of piperidine rings is 1. The third-order valence-electron chi connectivity index (χ3n) is 11.2. The lowest BCUT2D eigenvalue weighted by atomic mass is 9.98. The van der Waals surface area contributed by atoms with E-state index in [1.807, 2.05) is 46.8 Å². The number of hydrogen-bond donors (Lipinski definition) is 4. The molecule has 4 aromatic heterocycles. The molecule has 6 N–H and O–H groups in total. The number of imidazole rings is 2. The Bertz CT molecular complexity index is 3060. The Morgan fingerprint density at radius 2 is 1.23 bits per heavy atom. The fraction of sp³-hybridized carbons (Fsp3) is 0.396. The van der Waals surface area contributed by atoms with Crippen molar-refractivity contribution in [1.82, 2.24) is 43.6 Å². The van der Waals surface area contributed by atoms with E-state index in [4.69, 9.17) is 35.6 Å². The van der Waals surface area contributed by atoms with Gasteiger partial charge in [0.25, 0.3) is 11.8 Å². The van der Waals surface area contributed by atoms with E-state index in [0.717, 1.165) is 0 Å². The molecule has 0 radical (unpaired) electrons. The van der Waals surface area contributed by atoms with Crippen molar-refractivity contribution in [3.05, 3.63) is 82.5 Å². The SMILES string of the molecule is CCn1nc(C)cc1C(=O)Nc1nc2cc(C(N)=O)cc(OC)c2n1C/C=C/Cn1c(NC(=O)c2cc(C)nn2CC)nc2cc(C(N)=O)cc(OCC#CC3CCN(C(=O)OC(C)(C)C)CC3)c21. The van der Waals surface area contributed by atoms with Crippen LogP contribution in [-0.4, -0.2) is 106 Å². The third kappa shape index (κ3) is 11.0. The molecule has 21 heteroatoms. The van der Waals surface area contributed by atoms with Crippen LogP contribution in [0.2, 0.25) is 0 Å². The summed E-state index contributed by atoms with van der Waals surface area (Å²) >= 11 is 0. The Kier molecular flexibility index (Phi) is 14.4. The average Bonchev–Trinajstić information content (AvgIpc) is 4.07. The summed E-state index contributed by atoms with van der Waals surface area (Å²) in [6, 6.07) is 9.42. The number of nitrogens with two attached hydrogens (primary N) is 2. The van der Waals surface area contributed by atoms with E-state index in [0.29, 0.717) is 89.6 Å². The van der Waals surface area contributed by atoms with Gasteiger partial charge in [-0.3, -0.25) is 39.2 Å². The Morgan fingerprint density at radius 3 is 1.68 bits per heavy atom. The molecular weight excluding hydrogens is 887 g/mol. The first-order valence-electron chi connectivity index (χ1n) is 22.6. The quantitative estimate of drug-likeness (QED) is 0.0742. The van der Waals surface area contributed by atoms with Crippen molar-refractivity contribution in [3.63, 3.8) is 0 Å². The van der Waals surface area contributed by atoms with Crippen molar-refractivity contribution in [2.45, 2.75) is 93.1 Å². The zero-order valence-electron chi connectivity index (χ0n) is 40.0. The Labute approximate surface area is 398 Å². The second kappa shape index (κ2) is 20.4. The molecule has 0 atom stereocenters. The summed E-state index contributed by atoms with van der Waals surface area (Å²) < 4.78 is 24.2. The number of nitrogens with one attached hydrogen (secondary N) is 2. The predicted molar refractivity (Wildman–Crippen MR) is 257 cm³/mol. The van der Waals surface area contributed by atoms with Crippen LogP contribution in [0.25, 0.3) is 22.1 Å². The van der Waals surface area contributed by atoms with E-state index in [1.54, 1.807) is 49.4 Å². The highest BCUT2D eigenvalue weighted by atomic mass is 16.6. The van der Waals surface area contributed by atoms with Crippen LogP contribution in [0.5, 0.6) is 11.5 Å². The van der Waals surface area contributed by atoms with Gasteiger partial charge in [-0.25, -0.2) is 14.8 Å². The van der Waals surface area contributed by atoms with Crippen LogP contribution in [-0.2, 0) is 30.9 Å². The van der Waals surface area contributed by atoms with Crippen molar-refractivity contribution in [2.75, 3.05) is 37.4 Å². The Morgan fingerprint density at radius 1 is 0.754 bits per heavy atom. The molecule has 0 aliphatic carbocycles. The standard InChI is InChI=1S/C48H57N13O8/c1-9-60-35(22-28(3)55-60)43(64)53-45-51-33-24-31(41(49)62)26-37(67-8)39(33)58(45)17-11-12-18-59-40-34(52-46(59)54-44(65)36-23-29(4)56-61(36)10-2)25-32(42(50)63)27-38(40)68-21-13-14-30-15-19-57(20-16-30)47(66)69-48(5,6)7/h11-12,22-27,30H,9-10,15-21H2,1-8H3,(H2,49,62)(H2,50,63)(H,51,53,64)(H,52,54,65)/b12-11+. The highest BCUT2D eigenvalue weighted by Crippen LogP contribution is 2.33. The van der Waals surface area contributed by atoms with E-state index >= 15 is 0 Å². The zero-order chi connectivity index (χ0) is 49.7. The number of benzene rings is 2. The van der Waals surface area contributed by atoms with Crippen LogP contribution < -0.4 is 31.6 Å². The molecule has 1 aliphatic heterocycles. The van der Waals surface area contributed by atoms with E-state index in [9.17, 15) is 24.0 Å². The summed E-state index contributed by atoms with van der Waals surface area (Å²) in [5, 5.41) is 14.7. The summed E-state index contributed by atoms with van der Waals surface area (Å²) in [4.78, 5) is 76.3. The molecule has 0 bridgehead atoms. The minimum Gasteiger partial charge on any atom is -0.494 e. The first kappa shape index (κ1) is 48.8. The highest BCUT2D eigenvalue weighted by Gasteiger charge is 2.27. The molecule has 1 fully saturated rings. The van der Waals surface area contributed by atoms with Gasteiger partial charge >= 0.3 is 6.09 Å². The van der Waals surface area contributed by atoms with Crippen LogP contribution >= 0.6 is 0 Å². The van der Waals surface area contributed by atoms with Gasteiger partial charge in [0, 0.05) is 56.3 Å². The van der Waals surface area contributed by atoms with Crippen LogP contribution in [0.1, 0.15) is 101 Å². The number of nitrogens with zero attached hydrogens (tertiary/aromatic N) is 9. The maximum atomic E-state index is 13.9. The number of likely N-dealkylation sites (tertiary alicyclic amines) is 1. The lowest BCUT2D eigenvalue weighted by molar-refractivity contribution is 0.0199. The maximum absolute atomic E-state index is 13.9. The number of allylic oxidation sites excluding steroid dienone is 2. The van der Waals surface area contributed by atoms with E-state index < -0.39 is 29.2 Å². The monoisotopic (exact) mass is 943 g/mol. The molecular formula is C48H57N13O8. The number of carbonyl (C=O) groups is 5. The fourth-order valence-electron chi connectivity index (χ4n) is 8.02. The summed E-state index contributed by atoms with van der Waals surface area (Å²) in [5.74, 6) is 4.93. The molecule has 2 aromatic carbocycles. The highest BCUT2D eigenvalue weighted by molar-refractivity contribution is 6.05. The van der Waals surface area contributed by atoms with Gasteiger partial charge in [0.05, 0.1) is 29.5 Å². The van der Waals surface area contributed by atoms with Gasteiger partial charge in [0.2, 0.25) is 23.7 Å². The summed E-state index contributed by atoms with van der Waals surface area (Å²) in [6.07, 6.45) is 4.63. The van der Waals surface area contributed by atoms with Crippen LogP contribution in [0, 0.1) is 31.6 Å². The first-order valence-corrected chi connectivity index (χ1v) is 22.6. The first-order chi connectivity index (χ1) is 32.9. The number of rotatable bonds is 15. The maximum Gasteiger partial charge on any atom is 0.410 e. The number of methoxy groups -OCH3 is 1. The van der Waals surface area contributed by atoms with E-state index in [1.165, 1.54) is 31.4 Å². The van der Waals surface area contributed by atoms with Gasteiger partial charge in [-0.2, -0.15) is 10.2 Å². The summed E-state index contributed by atoms with van der Waals surface area (Å²) in [6.45, 7) is 15.0. The number of aryl methyl sites for hydroxylation is 4. The number of anilines is 2. The van der Waals surface area contributed by atoms with E-state index in [2.05, 4.69) is 32.7 Å². The van der Waals surface area contributed by atoms with Crippen molar-refractivity contribution in [2.24, 2.45) is 17.4 Å². The summed E-state index contributed by atoms with van der Waals surface area (Å²) in [7, 11) is 1.45. The lowest BCUT2D eigenvalue weighted by Crippen LogP contribution is -2.41. The van der Waals surface area contributed by atoms with Crippen molar-refractivity contribution < 1.29 is 38.2 Å². The topological polar surface area (TPSA) is 264 Å². The van der Waals surface area contributed by atoms with Crippen LogP contribution in [0.4, 0.5) is 16.7 Å². The molecule has 0 unspecified atom stereocenters. The second-order valence-electron chi connectivity index (χ2n) is 17.4. The second-order valence-corrected chi connectivity index (χ2v) is 17.4. The van der Waals surface area contributed by atoms with Gasteiger partial charge in [0.1, 0.15) is 46.1 Å².